The van der Waals surface area contributed by atoms with E-state index in [9.17, 15) is 4.79 Å². The zero-order valence-electron chi connectivity index (χ0n) is 23.5. The molecule has 1 saturated heterocycles. The predicted molar refractivity (Wildman–Crippen MR) is 162 cm³/mol. The van der Waals surface area contributed by atoms with Crippen molar-refractivity contribution in [2.75, 3.05) is 33.3 Å². The van der Waals surface area contributed by atoms with Gasteiger partial charge in [-0.3, -0.25) is 14.7 Å². The average molecular weight is 545 g/mol. The number of aliphatic imine (C=N–C) groups is 1. The van der Waals surface area contributed by atoms with E-state index >= 15 is 0 Å². The molecule has 2 aliphatic rings. The van der Waals surface area contributed by atoms with E-state index in [1.54, 1.807) is 13.3 Å². The van der Waals surface area contributed by atoms with Gasteiger partial charge in [0.1, 0.15) is 11.4 Å². The predicted octanol–water partition coefficient (Wildman–Crippen LogP) is 5.89. The zero-order chi connectivity index (χ0) is 28.1. The van der Waals surface area contributed by atoms with E-state index < -0.39 is 5.54 Å². The highest BCUT2D eigenvalue weighted by Crippen LogP contribution is 2.41. The SMILES string of the molecule is COc1ccc(C2CCN(CCCN3C(=O)C(c4ccccc4)(c4ccccc4)N=C3c3ccccn3)CC2)cc1. The number of amidine groups is 1. The Labute approximate surface area is 242 Å². The summed E-state index contributed by atoms with van der Waals surface area (Å²) in [5, 5.41) is 0. The van der Waals surface area contributed by atoms with Crippen molar-refractivity contribution in [3.8, 4) is 5.75 Å². The summed E-state index contributed by atoms with van der Waals surface area (Å²) in [5.41, 5.74) is 2.71. The van der Waals surface area contributed by atoms with Crippen LogP contribution in [0.15, 0.2) is 114 Å². The van der Waals surface area contributed by atoms with Gasteiger partial charge < -0.3 is 9.64 Å². The van der Waals surface area contributed by atoms with Gasteiger partial charge >= 0.3 is 0 Å². The molecule has 3 heterocycles. The average Bonchev–Trinajstić information content (AvgIpc) is 3.35. The van der Waals surface area contributed by atoms with Gasteiger partial charge in [-0.2, -0.15) is 0 Å². The Kier molecular flexibility index (Phi) is 7.92. The molecule has 0 saturated carbocycles. The lowest BCUT2D eigenvalue weighted by atomic mass is 9.83. The van der Waals surface area contributed by atoms with Gasteiger partial charge in [0.25, 0.3) is 5.91 Å². The number of aromatic nitrogens is 1. The van der Waals surface area contributed by atoms with Crippen LogP contribution in [0.2, 0.25) is 0 Å². The van der Waals surface area contributed by atoms with Gasteiger partial charge in [0.2, 0.25) is 0 Å². The summed E-state index contributed by atoms with van der Waals surface area (Å²) >= 11 is 0. The Balaban J connectivity index is 1.19. The van der Waals surface area contributed by atoms with Gasteiger partial charge in [-0.25, -0.2) is 4.99 Å². The normalized spacial score (nSPS) is 17.4. The second-order valence-corrected chi connectivity index (χ2v) is 10.8. The molecule has 3 aromatic carbocycles. The molecule has 0 unspecified atom stereocenters. The maximum Gasteiger partial charge on any atom is 0.265 e. The fraction of sp³-hybridized carbons (Fsp3) is 0.286. The van der Waals surface area contributed by atoms with Crippen molar-refractivity contribution < 1.29 is 9.53 Å². The van der Waals surface area contributed by atoms with Crippen LogP contribution in [0.25, 0.3) is 0 Å². The molecule has 1 aromatic heterocycles. The highest BCUT2D eigenvalue weighted by Gasteiger charge is 2.51. The first kappa shape index (κ1) is 26.9. The van der Waals surface area contributed by atoms with Gasteiger partial charge in [0.15, 0.2) is 11.4 Å². The fourth-order valence-corrected chi connectivity index (χ4v) is 6.18. The van der Waals surface area contributed by atoms with Crippen LogP contribution in [-0.2, 0) is 10.3 Å². The Morgan fingerprint density at radius 1 is 0.805 bits per heavy atom. The topological polar surface area (TPSA) is 58.0 Å². The van der Waals surface area contributed by atoms with Crippen molar-refractivity contribution in [3.05, 3.63) is 132 Å². The molecule has 2 aliphatic heterocycles. The van der Waals surface area contributed by atoms with Crippen molar-refractivity contribution in [1.82, 2.24) is 14.8 Å². The number of rotatable bonds is 9. The van der Waals surface area contributed by atoms with Crippen molar-refractivity contribution in [1.29, 1.82) is 0 Å². The number of ether oxygens (including phenoxy) is 1. The second-order valence-electron chi connectivity index (χ2n) is 10.8. The summed E-state index contributed by atoms with van der Waals surface area (Å²) < 4.78 is 5.32. The van der Waals surface area contributed by atoms with Crippen LogP contribution in [0.4, 0.5) is 0 Å². The number of benzene rings is 3. The highest BCUT2D eigenvalue weighted by atomic mass is 16.5. The summed E-state index contributed by atoms with van der Waals surface area (Å²) in [6, 6.07) is 34.1. The van der Waals surface area contributed by atoms with Crippen molar-refractivity contribution in [2.45, 2.75) is 30.7 Å². The molecular weight excluding hydrogens is 508 g/mol. The minimum atomic E-state index is -1.13. The number of carbonyl (C=O) groups excluding carboxylic acids is 1. The molecule has 41 heavy (non-hydrogen) atoms. The first-order valence-corrected chi connectivity index (χ1v) is 14.5. The summed E-state index contributed by atoms with van der Waals surface area (Å²) in [4.78, 5) is 28.7. The third-order valence-electron chi connectivity index (χ3n) is 8.39. The Morgan fingerprint density at radius 3 is 2.02 bits per heavy atom. The molecule has 0 aliphatic carbocycles. The molecule has 6 heteroatoms. The van der Waals surface area contributed by atoms with Crippen LogP contribution >= 0.6 is 0 Å². The molecule has 6 nitrogen and oxygen atoms in total. The van der Waals surface area contributed by atoms with Gasteiger partial charge in [0.05, 0.1) is 7.11 Å². The van der Waals surface area contributed by atoms with E-state index in [0.717, 1.165) is 61.5 Å². The summed E-state index contributed by atoms with van der Waals surface area (Å²) in [6.45, 7) is 3.65. The molecule has 0 atom stereocenters. The molecular formula is C35H36N4O2. The van der Waals surface area contributed by atoms with Gasteiger partial charge in [-0.05, 0) is 85.8 Å². The van der Waals surface area contributed by atoms with Crippen molar-refractivity contribution in [2.24, 2.45) is 4.99 Å². The number of amides is 1. The number of carbonyl (C=O) groups is 1. The van der Waals surface area contributed by atoms with Crippen LogP contribution in [0.5, 0.6) is 5.75 Å². The van der Waals surface area contributed by atoms with Gasteiger partial charge in [0, 0.05) is 12.7 Å². The largest absolute Gasteiger partial charge is 0.497 e. The van der Waals surface area contributed by atoms with Crippen molar-refractivity contribution in [3.63, 3.8) is 0 Å². The van der Waals surface area contributed by atoms with Crippen LogP contribution in [0.1, 0.15) is 47.6 Å². The maximum atomic E-state index is 14.5. The number of hydrogen-bond acceptors (Lipinski definition) is 5. The van der Waals surface area contributed by atoms with E-state index in [1.807, 2.05) is 83.8 Å². The van der Waals surface area contributed by atoms with Gasteiger partial charge in [-0.1, -0.05) is 78.9 Å². The Morgan fingerprint density at radius 2 is 1.44 bits per heavy atom. The molecule has 6 rings (SSSR count). The number of piperidine rings is 1. The zero-order valence-corrected chi connectivity index (χ0v) is 23.5. The van der Waals surface area contributed by atoms with E-state index in [4.69, 9.17) is 9.73 Å². The monoisotopic (exact) mass is 544 g/mol. The number of likely N-dealkylation sites (tertiary alicyclic amines) is 1. The lowest BCUT2D eigenvalue weighted by Gasteiger charge is -2.33. The lowest BCUT2D eigenvalue weighted by Crippen LogP contribution is -2.43. The third-order valence-corrected chi connectivity index (χ3v) is 8.39. The summed E-state index contributed by atoms with van der Waals surface area (Å²) in [7, 11) is 1.71. The number of hydrogen-bond donors (Lipinski definition) is 0. The molecule has 1 fully saturated rings. The number of pyridine rings is 1. The summed E-state index contributed by atoms with van der Waals surface area (Å²) in [5.74, 6) is 2.10. The number of methoxy groups -OCH3 is 1. The van der Waals surface area contributed by atoms with Crippen LogP contribution < -0.4 is 4.74 Å². The first-order valence-electron chi connectivity index (χ1n) is 14.5. The van der Waals surface area contributed by atoms with E-state index in [1.165, 1.54) is 5.56 Å². The third kappa shape index (κ3) is 5.40. The molecule has 0 spiro atoms. The smallest absolute Gasteiger partial charge is 0.265 e. The van der Waals surface area contributed by atoms with Gasteiger partial charge in [-0.15, -0.1) is 0 Å². The van der Waals surface area contributed by atoms with Crippen LogP contribution in [0.3, 0.4) is 0 Å². The van der Waals surface area contributed by atoms with E-state index in [2.05, 4.69) is 34.1 Å². The molecule has 4 aromatic rings. The Bertz CT molecular complexity index is 1430. The minimum absolute atomic E-state index is 0.0197. The van der Waals surface area contributed by atoms with Crippen molar-refractivity contribution >= 4 is 11.7 Å². The summed E-state index contributed by atoms with van der Waals surface area (Å²) in [6.07, 6.45) is 4.91. The first-order chi connectivity index (χ1) is 20.2. The van der Waals surface area contributed by atoms with Crippen LogP contribution in [0, 0.1) is 0 Å². The molecule has 0 bridgehead atoms. The maximum absolute atomic E-state index is 14.5. The minimum Gasteiger partial charge on any atom is -0.497 e. The molecule has 0 radical (unpaired) electrons. The fourth-order valence-electron chi connectivity index (χ4n) is 6.18. The lowest BCUT2D eigenvalue weighted by molar-refractivity contribution is -0.130. The Hall–Kier alpha value is -4.29. The second kappa shape index (κ2) is 12.1. The quantitative estimate of drug-likeness (QED) is 0.264. The molecule has 1 amide bonds. The standard InChI is InChI=1S/C35H36N4O2/c1-41-31-18-16-27(17-19-31)28-20-25-38(26-21-28)23-10-24-39-33(32-15-8-9-22-36-32)37-35(34(39)40,29-11-4-2-5-12-29)30-13-6-3-7-14-30/h2-9,11-19,22,28H,10,20-21,23-26H2,1H3. The van der Waals surface area contributed by atoms with E-state index in [0.29, 0.717) is 18.3 Å². The highest BCUT2D eigenvalue weighted by molar-refractivity contribution is 6.16. The number of nitrogens with zero attached hydrogens (tertiary/aromatic N) is 4. The molecule has 208 valence electrons. The van der Waals surface area contributed by atoms with Crippen LogP contribution in [-0.4, -0.2) is 59.8 Å². The molecule has 0 N–H and O–H groups in total. The van der Waals surface area contributed by atoms with E-state index in [-0.39, 0.29) is 5.91 Å².